The van der Waals surface area contributed by atoms with E-state index < -0.39 is 28.1 Å². The van der Waals surface area contributed by atoms with Crippen LogP contribution in [-0.2, 0) is 21.4 Å². The van der Waals surface area contributed by atoms with E-state index in [1.54, 1.807) is 18.2 Å². The van der Waals surface area contributed by atoms with Crippen LogP contribution in [-0.4, -0.2) is 37.1 Å². The van der Waals surface area contributed by atoms with Gasteiger partial charge in [-0.1, -0.05) is 36.4 Å². The number of nitrogens with zero attached hydrogens (tertiary/aromatic N) is 3. The van der Waals surface area contributed by atoms with E-state index in [9.17, 15) is 18.0 Å². The highest BCUT2D eigenvalue weighted by molar-refractivity contribution is 7.89. The summed E-state index contributed by atoms with van der Waals surface area (Å²) in [7, 11) is -2.29. The van der Waals surface area contributed by atoms with Crippen molar-refractivity contribution in [2.45, 2.75) is 17.9 Å². The van der Waals surface area contributed by atoms with E-state index in [1.807, 2.05) is 42.5 Å². The Morgan fingerprint density at radius 2 is 1.56 bits per heavy atom. The molecule has 0 fully saturated rings. The van der Waals surface area contributed by atoms with Crippen molar-refractivity contribution >= 4 is 38.2 Å². The maximum Gasteiger partial charge on any atom is 0.240 e. The normalized spacial score (nSPS) is 11.3. The number of benzene rings is 3. The smallest absolute Gasteiger partial charge is 0.240 e. The highest BCUT2D eigenvalue weighted by Gasteiger charge is 2.22. The number of fused-ring (bicyclic) bond motifs is 1. The van der Waals surface area contributed by atoms with Crippen molar-refractivity contribution in [3.8, 4) is 0 Å². The van der Waals surface area contributed by atoms with Gasteiger partial charge in [0.2, 0.25) is 21.7 Å². The van der Waals surface area contributed by atoms with Gasteiger partial charge in [-0.15, -0.1) is 0 Å². The first-order valence-corrected chi connectivity index (χ1v) is 12.0. The van der Waals surface area contributed by atoms with Crippen LogP contribution < -0.4 is 9.62 Å². The number of hydrogen-bond acceptors (Lipinski definition) is 6. The summed E-state index contributed by atoms with van der Waals surface area (Å²) in [6, 6.07) is 21.3. The third-order valence-corrected chi connectivity index (χ3v) is 6.74. The molecule has 1 aromatic heterocycles. The molecule has 0 spiro atoms. The second kappa shape index (κ2) is 9.90. The van der Waals surface area contributed by atoms with Crippen LogP contribution in [0.1, 0.15) is 22.6 Å². The lowest BCUT2D eigenvalue weighted by molar-refractivity contribution is -0.117. The molecule has 0 radical (unpaired) electrons. The van der Waals surface area contributed by atoms with Crippen LogP contribution in [0.3, 0.4) is 0 Å². The molecule has 0 aliphatic rings. The summed E-state index contributed by atoms with van der Waals surface area (Å²) < 4.78 is 26.4. The van der Waals surface area contributed by atoms with Crippen LogP contribution >= 0.6 is 0 Å². The molecule has 34 heavy (non-hydrogen) atoms. The van der Waals surface area contributed by atoms with Crippen LogP contribution in [0.15, 0.2) is 90.1 Å². The van der Waals surface area contributed by atoms with E-state index in [2.05, 4.69) is 14.7 Å². The Hall–Kier alpha value is -3.95. The molecule has 0 saturated heterocycles. The van der Waals surface area contributed by atoms with Crippen molar-refractivity contribution in [3.05, 3.63) is 96.6 Å². The molecule has 0 aliphatic carbocycles. The third kappa shape index (κ3) is 5.16. The molecule has 0 saturated carbocycles. The number of amides is 1. The Labute approximate surface area is 197 Å². The van der Waals surface area contributed by atoms with Crippen LogP contribution in [0.2, 0.25) is 0 Å². The zero-order valence-corrected chi connectivity index (χ0v) is 19.2. The second-order valence-electron chi connectivity index (χ2n) is 7.54. The van der Waals surface area contributed by atoms with E-state index in [-0.39, 0.29) is 17.3 Å². The number of Topliss-reactive ketones (excluding diaryl/α,β-unsaturated/α-hetero) is 1. The van der Waals surface area contributed by atoms with Crippen LogP contribution in [0, 0.1) is 0 Å². The Kier molecular flexibility index (Phi) is 6.76. The quantitative estimate of drug-likeness (QED) is 0.310. The maximum atomic E-state index is 13.3. The first-order valence-electron chi connectivity index (χ1n) is 10.5. The maximum absolute atomic E-state index is 13.3. The number of carbonyl (C=O) groups excluding carboxylic acids is 2. The highest BCUT2D eigenvalue weighted by atomic mass is 32.2. The van der Waals surface area contributed by atoms with Crippen molar-refractivity contribution in [2.75, 3.05) is 11.9 Å². The van der Waals surface area contributed by atoms with Gasteiger partial charge in [0.15, 0.2) is 5.82 Å². The largest absolute Gasteiger partial charge is 0.308 e. The number of nitrogens with one attached hydrogen (secondary N) is 1. The lowest BCUT2D eigenvalue weighted by atomic mass is 10.1. The van der Waals surface area contributed by atoms with Gasteiger partial charge in [-0.3, -0.25) is 9.59 Å². The predicted octanol–water partition coefficient (Wildman–Crippen LogP) is 3.34. The van der Waals surface area contributed by atoms with Crippen molar-refractivity contribution < 1.29 is 18.0 Å². The van der Waals surface area contributed by atoms with Crippen LogP contribution in [0.25, 0.3) is 10.8 Å². The van der Waals surface area contributed by atoms with Crippen LogP contribution in [0.5, 0.6) is 0 Å². The molecule has 3 aromatic carbocycles. The first kappa shape index (κ1) is 23.2. The number of anilines is 1. The number of carbonyl (C=O) groups is 2. The Balaban J connectivity index is 1.66. The molecule has 0 aliphatic heterocycles. The third-order valence-electron chi connectivity index (χ3n) is 5.31. The molecule has 1 heterocycles. The average molecular weight is 475 g/mol. The summed E-state index contributed by atoms with van der Waals surface area (Å²) in [4.78, 5) is 35.2. The van der Waals surface area contributed by atoms with Gasteiger partial charge in [-0.2, -0.15) is 0 Å². The summed E-state index contributed by atoms with van der Waals surface area (Å²) in [6.07, 6.45) is 2.46. The highest BCUT2D eigenvalue weighted by Crippen LogP contribution is 2.23. The predicted molar refractivity (Wildman–Crippen MR) is 129 cm³/mol. The van der Waals surface area contributed by atoms with Gasteiger partial charge in [0, 0.05) is 18.1 Å². The molecule has 4 aromatic rings. The lowest BCUT2D eigenvalue weighted by Crippen LogP contribution is -2.32. The number of aromatic nitrogens is 2. The summed E-state index contributed by atoms with van der Waals surface area (Å²) in [6.45, 7) is 0.199. The van der Waals surface area contributed by atoms with Gasteiger partial charge >= 0.3 is 0 Å². The fourth-order valence-electron chi connectivity index (χ4n) is 3.52. The van der Waals surface area contributed by atoms with Crippen molar-refractivity contribution in [2.24, 2.45) is 0 Å². The minimum atomic E-state index is -3.62. The average Bonchev–Trinajstić information content (AvgIpc) is 2.87. The van der Waals surface area contributed by atoms with E-state index >= 15 is 0 Å². The molecule has 0 unspecified atom stereocenters. The zero-order valence-electron chi connectivity index (χ0n) is 18.4. The van der Waals surface area contributed by atoms with Crippen molar-refractivity contribution in [3.63, 3.8) is 0 Å². The molecular formula is C25H22N4O4S. The fraction of sp³-hybridized carbons (Fsp3) is 0.120. The van der Waals surface area contributed by atoms with Crippen molar-refractivity contribution in [1.82, 2.24) is 14.7 Å². The molecule has 9 heteroatoms. The number of rotatable bonds is 8. The molecule has 4 rings (SSSR count). The molecule has 0 bridgehead atoms. The van der Waals surface area contributed by atoms with E-state index in [4.69, 9.17) is 0 Å². The van der Waals surface area contributed by atoms with Gasteiger partial charge in [0.05, 0.1) is 17.9 Å². The number of sulfonamides is 1. The van der Waals surface area contributed by atoms with Gasteiger partial charge in [0.1, 0.15) is 0 Å². The molecule has 1 N–H and O–H groups in total. The van der Waals surface area contributed by atoms with E-state index in [1.165, 1.54) is 36.5 Å². The van der Waals surface area contributed by atoms with Gasteiger partial charge in [0.25, 0.3) is 0 Å². The molecule has 8 nitrogen and oxygen atoms in total. The van der Waals surface area contributed by atoms with E-state index in [0.717, 1.165) is 16.3 Å². The van der Waals surface area contributed by atoms with Gasteiger partial charge < -0.3 is 4.90 Å². The van der Waals surface area contributed by atoms with Gasteiger partial charge in [-0.25, -0.2) is 23.1 Å². The molecular weight excluding hydrogens is 452 g/mol. The van der Waals surface area contributed by atoms with E-state index in [0.29, 0.717) is 5.69 Å². The van der Waals surface area contributed by atoms with Crippen LogP contribution in [0.4, 0.5) is 5.69 Å². The standard InChI is InChI=1S/C25H22N4O4S/c1-26-34(32,33)22-11-9-21(10-12-22)29(24(31)16-23(30)25-27-13-4-14-28-25)17-18-7-8-19-5-2-3-6-20(19)15-18/h2-15,26H,16-17H2,1H3. The molecule has 0 atom stereocenters. The summed E-state index contributed by atoms with van der Waals surface area (Å²) in [5, 5.41) is 2.10. The Morgan fingerprint density at radius 1 is 0.882 bits per heavy atom. The monoisotopic (exact) mass is 474 g/mol. The van der Waals surface area contributed by atoms with Crippen molar-refractivity contribution in [1.29, 1.82) is 0 Å². The second-order valence-corrected chi connectivity index (χ2v) is 9.42. The summed E-state index contributed by atoms with van der Waals surface area (Å²) in [5.41, 5.74) is 1.33. The zero-order chi connectivity index (χ0) is 24.1. The first-order chi connectivity index (χ1) is 16.4. The number of hydrogen-bond donors (Lipinski definition) is 1. The Morgan fingerprint density at radius 3 is 2.24 bits per heavy atom. The number of ketones is 1. The fourth-order valence-corrected chi connectivity index (χ4v) is 4.25. The SMILES string of the molecule is CNS(=O)(=O)c1ccc(N(Cc2ccc3ccccc3c2)C(=O)CC(=O)c2ncccn2)cc1. The lowest BCUT2D eigenvalue weighted by Gasteiger charge is -2.23. The minimum Gasteiger partial charge on any atom is -0.308 e. The van der Waals surface area contributed by atoms with Gasteiger partial charge in [-0.05, 0) is 59.8 Å². The summed E-state index contributed by atoms with van der Waals surface area (Å²) >= 11 is 0. The topological polar surface area (TPSA) is 109 Å². The summed E-state index contributed by atoms with van der Waals surface area (Å²) in [5.74, 6) is -0.977. The molecule has 172 valence electrons. The minimum absolute atomic E-state index is 0.0306. The molecule has 1 amide bonds. The Bertz CT molecular complexity index is 1440.